The Morgan fingerprint density at radius 2 is 1.76 bits per heavy atom. The van der Waals surface area contributed by atoms with Gasteiger partial charge in [-0.2, -0.15) is 0 Å². The van der Waals surface area contributed by atoms with Gasteiger partial charge >= 0.3 is 12.5 Å². The quantitative estimate of drug-likeness (QED) is 0.316. The molecule has 0 saturated carbocycles. The Morgan fingerprint density at radius 3 is 2.32 bits per heavy atom. The Kier molecular flexibility index (Phi) is 8.25. The number of nitrogens with zero attached hydrogens (tertiary/aromatic N) is 4. The lowest BCUT2D eigenvalue weighted by Gasteiger charge is -2.44. The van der Waals surface area contributed by atoms with Crippen LogP contribution in [0.15, 0.2) is 41.0 Å². The predicted octanol–water partition coefficient (Wildman–Crippen LogP) is 6.11. The van der Waals surface area contributed by atoms with Gasteiger partial charge in [0.05, 0.1) is 15.7 Å². The summed E-state index contributed by atoms with van der Waals surface area (Å²) in [6.45, 7) is 10.0. The minimum atomic E-state index is -4.99. The molecule has 2 heterocycles. The third-order valence-corrected chi connectivity index (χ3v) is 6.10. The SMILES string of the molecule is C[C@@H]1CN(C(=O)OC(C)(C)C)[C@@H](C)CN1c1ccc(C(=O)N(F)c2ccc(Br)c(OC(F)(F)F)c2)cn1. The molecule has 8 nitrogen and oxygen atoms in total. The third-order valence-electron chi connectivity index (χ3n) is 5.45. The minimum Gasteiger partial charge on any atom is -0.444 e. The van der Waals surface area contributed by atoms with Crippen molar-refractivity contribution < 1.29 is 36.7 Å². The number of hydrogen-bond acceptors (Lipinski definition) is 6. The molecule has 0 aliphatic carbocycles. The Labute approximate surface area is 220 Å². The summed E-state index contributed by atoms with van der Waals surface area (Å²) in [6.07, 6.45) is -4.20. The summed E-state index contributed by atoms with van der Waals surface area (Å²) in [5.74, 6) is -1.28. The van der Waals surface area contributed by atoms with E-state index in [4.69, 9.17) is 4.74 Å². The molecule has 0 N–H and O–H groups in total. The van der Waals surface area contributed by atoms with E-state index in [1.54, 1.807) is 31.7 Å². The highest BCUT2D eigenvalue weighted by Crippen LogP contribution is 2.34. The van der Waals surface area contributed by atoms with Crippen molar-refractivity contribution in [1.29, 1.82) is 0 Å². The standard InChI is InChI=1S/C24H27BrF4N4O4/c1-14-13-32(22(35)37-23(3,4)5)15(2)12-31(14)20-9-6-16(11-30-20)21(34)33(29)17-7-8-18(25)19(10-17)36-24(26,27)28/h6-11,14-15H,12-13H2,1-5H3/t14-,15+/m1/s1. The van der Waals surface area contributed by atoms with Crippen molar-refractivity contribution in [2.75, 3.05) is 23.1 Å². The molecule has 1 saturated heterocycles. The van der Waals surface area contributed by atoms with E-state index in [0.29, 0.717) is 18.9 Å². The smallest absolute Gasteiger partial charge is 0.444 e. The second-order valence-electron chi connectivity index (χ2n) is 9.64. The van der Waals surface area contributed by atoms with Crippen molar-refractivity contribution in [1.82, 2.24) is 9.88 Å². The van der Waals surface area contributed by atoms with E-state index in [1.807, 2.05) is 18.7 Å². The fourth-order valence-corrected chi connectivity index (χ4v) is 4.08. The third kappa shape index (κ3) is 7.24. The first-order valence-corrected chi connectivity index (χ1v) is 12.1. The Balaban J connectivity index is 1.71. The summed E-state index contributed by atoms with van der Waals surface area (Å²) in [5.41, 5.74) is -1.17. The Hall–Kier alpha value is -3.09. The summed E-state index contributed by atoms with van der Waals surface area (Å²) < 4.78 is 61.9. The second kappa shape index (κ2) is 10.7. The molecule has 1 aromatic carbocycles. The molecule has 202 valence electrons. The molecule has 1 aliphatic heterocycles. The van der Waals surface area contributed by atoms with Crippen LogP contribution < -0.4 is 14.8 Å². The number of anilines is 2. The Bertz CT molecular complexity index is 1140. The first kappa shape index (κ1) is 28.5. The number of alkyl halides is 3. The number of carbonyl (C=O) groups is 2. The van der Waals surface area contributed by atoms with Gasteiger partial charge in [-0.25, -0.2) is 9.78 Å². The van der Waals surface area contributed by atoms with Crippen molar-refractivity contribution in [3.05, 3.63) is 46.6 Å². The number of rotatable bonds is 4. The van der Waals surface area contributed by atoms with Crippen LogP contribution in [-0.2, 0) is 4.74 Å². The van der Waals surface area contributed by atoms with Crippen molar-refractivity contribution in [3.63, 3.8) is 0 Å². The van der Waals surface area contributed by atoms with Crippen LogP contribution in [0, 0.1) is 0 Å². The fourth-order valence-electron chi connectivity index (χ4n) is 3.75. The molecule has 3 rings (SSSR count). The van der Waals surface area contributed by atoms with E-state index < -0.39 is 35.4 Å². The molecule has 37 heavy (non-hydrogen) atoms. The highest BCUT2D eigenvalue weighted by Gasteiger charge is 2.35. The summed E-state index contributed by atoms with van der Waals surface area (Å²) >= 11 is 2.90. The summed E-state index contributed by atoms with van der Waals surface area (Å²) in [7, 11) is 0. The molecule has 1 fully saturated rings. The van der Waals surface area contributed by atoms with E-state index >= 15 is 0 Å². The maximum atomic E-state index is 14.8. The minimum absolute atomic E-state index is 0.0597. The molecule has 1 aliphatic rings. The zero-order valence-corrected chi connectivity index (χ0v) is 22.4. The number of amides is 2. The van der Waals surface area contributed by atoms with Gasteiger partial charge in [0.2, 0.25) is 0 Å². The van der Waals surface area contributed by atoms with Gasteiger partial charge in [0, 0.05) is 37.4 Å². The van der Waals surface area contributed by atoms with Crippen LogP contribution in [0.25, 0.3) is 0 Å². The average Bonchev–Trinajstić information content (AvgIpc) is 2.79. The predicted molar refractivity (Wildman–Crippen MR) is 132 cm³/mol. The second-order valence-corrected chi connectivity index (χ2v) is 10.5. The molecule has 2 atom stereocenters. The Morgan fingerprint density at radius 1 is 1.08 bits per heavy atom. The van der Waals surface area contributed by atoms with Gasteiger partial charge in [0.15, 0.2) is 0 Å². The maximum absolute atomic E-state index is 14.8. The van der Waals surface area contributed by atoms with Gasteiger partial charge in [-0.15, -0.1) is 18.3 Å². The molecule has 13 heteroatoms. The first-order chi connectivity index (χ1) is 17.1. The first-order valence-electron chi connectivity index (χ1n) is 11.3. The van der Waals surface area contributed by atoms with Crippen molar-refractivity contribution >= 4 is 39.4 Å². The molecule has 0 spiro atoms. The van der Waals surface area contributed by atoms with E-state index in [0.717, 1.165) is 18.2 Å². The van der Waals surface area contributed by atoms with Crippen LogP contribution in [0.2, 0.25) is 0 Å². The molecule has 2 amide bonds. The number of halogens is 5. The lowest BCUT2D eigenvalue weighted by Crippen LogP contribution is -2.59. The van der Waals surface area contributed by atoms with Gasteiger partial charge < -0.3 is 19.3 Å². The highest BCUT2D eigenvalue weighted by atomic mass is 79.9. The summed E-state index contributed by atoms with van der Waals surface area (Å²) in [5, 5.41) is -0.281. The van der Waals surface area contributed by atoms with Crippen LogP contribution in [0.3, 0.4) is 0 Å². The van der Waals surface area contributed by atoms with Crippen LogP contribution in [0.5, 0.6) is 5.75 Å². The van der Waals surface area contributed by atoms with Gasteiger partial charge in [0.1, 0.15) is 17.2 Å². The average molecular weight is 591 g/mol. The molecule has 1 aromatic heterocycles. The van der Waals surface area contributed by atoms with Gasteiger partial charge in [-0.05, 0) is 74.8 Å². The van der Waals surface area contributed by atoms with Crippen molar-refractivity contribution in [2.24, 2.45) is 0 Å². The van der Waals surface area contributed by atoms with E-state index in [-0.39, 0.29) is 27.2 Å². The van der Waals surface area contributed by atoms with Crippen molar-refractivity contribution in [3.8, 4) is 5.75 Å². The summed E-state index contributed by atoms with van der Waals surface area (Å²) in [6, 6.07) is 5.64. The highest BCUT2D eigenvalue weighted by molar-refractivity contribution is 9.10. The molecule has 0 unspecified atom stereocenters. The maximum Gasteiger partial charge on any atom is 0.573 e. The number of pyridine rings is 1. The summed E-state index contributed by atoms with van der Waals surface area (Å²) in [4.78, 5) is 33.1. The normalized spacial score (nSPS) is 18.4. The number of carbonyl (C=O) groups excluding carboxylic acids is 2. The molecular formula is C24H27BrF4N4O4. The van der Waals surface area contributed by atoms with Gasteiger partial charge in [-0.1, -0.05) is 4.48 Å². The van der Waals surface area contributed by atoms with Crippen LogP contribution in [0.4, 0.5) is 34.0 Å². The number of aromatic nitrogens is 1. The zero-order chi connectivity index (χ0) is 27.7. The zero-order valence-electron chi connectivity index (χ0n) is 20.8. The monoisotopic (exact) mass is 590 g/mol. The van der Waals surface area contributed by atoms with E-state index in [9.17, 15) is 27.2 Å². The van der Waals surface area contributed by atoms with Crippen LogP contribution in [-0.4, -0.2) is 59.0 Å². The van der Waals surface area contributed by atoms with Crippen LogP contribution in [0.1, 0.15) is 45.0 Å². The molecule has 2 aromatic rings. The largest absolute Gasteiger partial charge is 0.573 e. The van der Waals surface area contributed by atoms with Crippen molar-refractivity contribution in [2.45, 2.75) is 58.7 Å². The van der Waals surface area contributed by atoms with E-state index in [1.165, 1.54) is 12.3 Å². The number of piperazine rings is 1. The van der Waals surface area contributed by atoms with Crippen LogP contribution >= 0.6 is 15.9 Å². The number of hydrogen-bond donors (Lipinski definition) is 0. The number of ether oxygens (including phenoxy) is 2. The molecular weight excluding hydrogens is 564 g/mol. The molecule has 0 bridgehead atoms. The van der Waals surface area contributed by atoms with E-state index in [2.05, 4.69) is 25.7 Å². The van der Waals surface area contributed by atoms with Gasteiger partial charge in [-0.3, -0.25) is 4.79 Å². The van der Waals surface area contributed by atoms with Gasteiger partial charge in [0.25, 0.3) is 5.91 Å². The topological polar surface area (TPSA) is 75.2 Å². The fraction of sp³-hybridized carbons (Fsp3) is 0.458. The molecule has 0 radical (unpaired) electrons. The number of benzene rings is 1. The lowest BCUT2D eigenvalue weighted by molar-refractivity contribution is -0.274. The lowest BCUT2D eigenvalue weighted by atomic mass is 10.1.